The predicted octanol–water partition coefficient (Wildman–Crippen LogP) is 0.865. The summed E-state index contributed by atoms with van der Waals surface area (Å²) in [6, 6.07) is 0. The molecule has 0 unspecified atom stereocenters. The summed E-state index contributed by atoms with van der Waals surface area (Å²) in [4.78, 5) is 24.5. The Morgan fingerprint density at radius 2 is 1.71 bits per heavy atom. The minimum Gasteiger partial charge on any atom is -0.281 e. The quantitative estimate of drug-likeness (QED) is 0.662. The van der Waals surface area contributed by atoms with Crippen molar-refractivity contribution in [1.82, 2.24) is 0 Å². The Morgan fingerprint density at radius 3 is 2.00 bits per heavy atom. The van der Waals surface area contributed by atoms with Crippen molar-refractivity contribution < 1.29 is 29.3 Å². The Balaban J connectivity index is -0.000000174. The van der Waals surface area contributed by atoms with Crippen LogP contribution in [0.1, 0.15) is 6.42 Å². The molecule has 0 atom stereocenters. The molecule has 14 heavy (non-hydrogen) atoms. The number of rotatable bonds is 2. The first-order chi connectivity index (χ1) is 6.93. The van der Waals surface area contributed by atoms with Gasteiger partial charge in [0.05, 0.1) is 0 Å². The van der Waals surface area contributed by atoms with Crippen molar-refractivity contribution in [2.24, 2.45) is 0 Å². The molecule has 0 fully saturated rings. The average molecular weight is 231 g/mol. The molecule has 0 amide bonds. The van der Waals surface area contributed by atoms with Gasteiger partial charge in [-0.15, -0.1) is 0 Å². The fourth-order valence-electron chi connectivity index (χ4n) is 0.601. The molecule has 6 radical (unpaired) electrons. The molecular formula is C10H8MnO3. The summed E-state index contributed by atoms with van der Waals surface area (Å²) in [5, 5.41) is 0. The molecule has 4 heteroatoms. The van der Waals surface area contributed by atoms with Gasteiger partial charge in [0.25, 0.3) is 20.4 Å². The molecule has 0 aromatic rings. The van der Waals surface area contributed by atoms with Crippen LogP contribution >= 0.6 is 0 Å². The zero-order valence-corrected chi connectivity index (χ0v) is 8.51. The van der Waals surface area contributed by atoms with E-state index in [0.29, 0.717) is 0 Å². The Bertz CT molecular complexity index is 183. The van der Waals surface area contributed by atoms with Crippen LogP contribution in [0.25, 0.3) is 0 Å². The Kier molecular flexibility index (Phi) is 29.9. The molecule has 0 saturated heterocycles. The molecule has 0 bridgehead atoms. The summed E-state index contributed by atoms with van der Waals surface area (Å²) in [6.07, 6.45) is 7.59. The van der Waals surface area contributed by atoms with E-state index < -0.39 is 0 Å². The molecule has 0 saturated carbocycles. The van der Waals surface area contributed by atoms with Crippen molar-refractivity contribution >= 4 is 20.4 Å². The second kappa shape index (κ2) is 22.6. The molecule has 0 aromatic heterocycles. The van der Waals surface area contributed by atoms with Crippen LogP contribution in [0.4, 0.5) is 0 Å². The molecule has 1 rings (SSSR count). The van der Waals surface area contributed by atoms with Gasteiger partial charge in [0, 0.05) is 0 Å². The summed E-state index contributed by atoms with van der Waals surface area (Å²) >= 11 is 0.804. The van der Waals surface area contributed by atoms with Gasteiger partial charge in [-0.2, -0.15) is 0 Å². The van der Waals surface area contributed by atoms with Crippen LogP contribution in [0.3, 0.4) is 0 Å². The number of hydrogen-bond donors (Lipinski definition) is 0. The van der Waals surface area contributed by atoms with Crippen LogP contribution in [0.5, 0.6) is 0 Å². The number of carbonyl (C=O) groups excluding carboxylic acids is 3. The maximum Gasteiger partial charge on any atom is 0.281 e. The van der Waals surface area contributed by atoms with Crippen molar-refractivity contribution in [3.05, 3.63) is 34.3 Å². The zero-order valence-electron chi connectivity index (χ0n) is 7.33. The molecule has 3 nitrogen and oxygen atoms in total. The number of allylic oxidation sites excluding steroid dienone is 4. The minimum atomic E-state index is 0.804. The van der Waals surface area contributed by atoms with Gasteiger partial charge in [-0.1, -0.05) is 0 Å². The Labute approximate surface area is 90.7 Å². The molecule has 1 aliphatic rings. The van der Waals surface area contributed by atoms with Crippen molar-refractivity contribution in [3.63, 3.8) is 0 Å². The van der Waals surface area contributed by atoms with Crippen LogP contribution in [-0.4, -0.2) is 20.4 Å². The molecule has 0 heterocycles. The summed E-state index contributed by atoms with van der Waals surface area (Å²) in [7, 11) is 0. The first kappa shape index (κ1) is 18.5. The molecular weight excluding hydrogens is 223 g/mol. The average Bonchev–Trinajstić information content (AvgIpc) is 2.80. The van der Waals surface area contributed by atoms with Crippen molar-refractivity contribution in [3.8, 4) is 0 Å². The van der Waals surface area contributed by atoms with E-state index in [4.69, 9.17) is 14.4 Å². The van der Waals surface area contributed by atoms with Crippen LogP contribution < -0.4 is 0 Å². The van der Waals surface area contributed by atoms with E-state index in [1.165, 1.54) is 4.47 Å². The normalized spacial score (nSPS) is 10.1. The standard InChI is InChI=1S/C5H5.C2H3.3CO.Mn/c1-2-4-5-3-1;4*1-2;/h1-3H,4H2;1H,2H2;;;;. The van der Waals surface area contributed by atoms with Gasteiger partial charge in [0.15, 0.2) is 0 Å². The van der Waals surface area contributed by atoms with E-state index in [0.717, 1.165) is 21.4 Å². The summed E-state index contributed by atoms with van der Waals surface area (Å²) in [5.41, 5.74) is 0. The summed E-state index contributed by atoms with van der Waals surface area (Å²) in [5.74, 6) is 0. The second-order valence-corrected chi connectivity index (χ2v) is 3.09. The van der Waals surface area contributed by atoms with E-state index in [1.807, 2.05) is 4.97 Å². The third-order valence-corrected chi connectivity index (χ3v) is 2.06. The van der Waals surface area contributed by atoms with Crippen molar-refractivity contribution in [2.75, 3.05) is 0 Å². The third kappa shape index (κ3) is 13.3. The first-order valence-corrected chi connectivity index (χ1v) is 4.42. The molecule has 0 aliphatic heterocycles. The minimum absolute atomic E-state index is 0.804. The maximum atomic E-state index is 7.50. The molecule has 0 aromatic carbocycles. The van der Waals surface area contributed by atoms with Crippen molar-refractivity contribution in [1.29, 1.82) is 0 Å². The molecule has 0 N–H and O–H groups in total. The number of hydrogen-bond acceptors (Lipinski definition) is 3. The fourth-order valence-corrected chi connectivity index (χ4v) is 1.42. The van der Waals surface area contributed by atoms with Crippen LogP contribution in [0.2, 0.25) is 0 Å². The van der Waals surface area contributed by atoms with Gasteiger partial charge in [-0.25, -0.2) is 0 Å². The Morgan fingerprint density at radius 1 is 1.21 bits per heavy atom. The topological polar surface area (TPSA) is 51.2 Å². The van der Waals surface area contributed by atoms with E-state index in [1.54, 1.807) is 0 Å². The largest absolute Gasteiger partial charge is 0.281 e. The first-order valence-electron chi connectivity index (χ1n) is 3.14. The van der Waals surface area contributed by atoms with Crippen molar-refractivity contribution in [2.45, 2.75) is 6.42 Å². The van der Waals surface area contributed by atoms with Gasteiger partial charge in [0.1, 0.15) is 0 Å². The fraction of sp³-hybridized carbons (Fsp3) is 0.100. The smallest absolute Gasteiger partial charge is 0.281 e. The van der Waals surface area contributed by atoms with Gasteiger partial charge < -0.3 is 0 Å². The monoisotopic (exact) mass is 231 g/mol. The van der Waals surface area contributed by atoms with Gasteiger partial charge >= 0.3 is 55.6 Å². The van der Waals surface area contributed by atoms with E-state index in [9.17, 15) is 0 Å². The van der Waals surface area contributed by atoms with Crippen LogP contribution in [0.15, 0.2) is 34.3 Å². The summed E-state index contributed by atoms with van der Waals surface area (Å²) in [6.45, 7) is 17.2. The molecule has 0 spiro atoms. The van der Waals surface area contributed by atoms with Gasteiger partial charge in [-0.05, 0) is 0 Å². The Hall–Kier alpha value is -1.25. The maximum absolute atomic E-state index is 7.50. The third-order valence-electron chi connectivity index (χ3n) is 0.943. The van der Waals surface area contributed by atoms with Gasteiger partial charge in [0.2, 0.25) is 0 Å². The summed E-state index contributed by atoms with van der Waals surface area (Å²) < 4.78 is 1.50. The van der Waals surface area contributed by atoms with Crippen LogP contribution in [-0.2, 0) is 29.3 Å². The zero-order chi connectivity index (χ0) is 11.8. The van der Waals surface area contributed by atoms with E-state index in [-0.39, 0.29) is 0 Å². The molecule has 73 valence electrons. The van der Waals surface area contributed by atoms with Crippen LogP contribution in [0, 0.1) is 0 Å². The van der Waals surface area contributed by atoms with E-state index >= 15 is 0 Å². The van der Waals surface area contributed by atoms with E-state index in [2.05, 4.69) is 45.2 Å². The predicted molar refractivity (Wildman–Crippen MR) is 49.1 cm³/mol. The SMILES string of the molecule is C=[CH][Mn][C]1=CC=CC1.[C]=O.[C]=O.[C]=O. The molecule has 1 aliphatic carbocycles. The second-order valence-electron chi connectivity index (χ2n) is 1.51. The van der Waals surface area contributed by atoms with Gasteiger partial charge in [-0.3, -0.25) is 14.4 Å².